The van der Waals surface area contributed by atoms with Crippen LogP contribution < -0.4 is 0 Å². The van der Waals surface area contributed by atoms with E-state index in [1.165, 1.54) is 0 Å². The van der Waals surface area contributed by atoms with E-state index in [1.54, 1.807) is 24.1 Å². The van der Waals surface area contributed by atoms with Gasteiger partial charge in [0.05, 0.1) is 6.04 Å². The Morgan fingerprint density at radius 1 is 1.23 bits per heavy atom. The Morgan fingerprint density at radius 3 is 2.50 bits per heavy atom. The van der Waals surface area contributed by atoms with Crippen LogP contribution in [0.2, 0.25) is 5.02 Å². The normalized spacial score (nSPS) is 25.6. The van der Waals surface area contributed by atoms with Gasteiger partial charge in [0.25, 0.3) is 5.91 Å². The molecule has 2 saturated heterocycles. The van der Waals surface area contributed by atoms with Crippen molar-refractivity contribution >= 4 is 23.4 Å². The van der Waals surface area contributed by atoms with Crippen LogP contribution in [-0.2, 0) is 14.3 Å². The maximum Gasteiger partial charge on any atom is 0.254 e. The van der Waals surface area contributed by atoms with Gasteiger partial charge >= 0.3 is 0 Å². The highest BCUT2D eigenvalue weighted by Gasteiger charge is 2.42. The molecule has 0 radical (unpaired) electrons. The summed E-state index contributed by atoms with van der Waals surface area (Å²) in [6, 6.07) is 6.81. The number of rotatable bonds is 2. The molecular weight excluding hydrogens is 304 g/mol. The fourth-order valence-electron chi connectivity index (χ4n) is 3.09. The zero-order valence-corrected chi connectivity index (χ0v) is 13.3. The van der Waals surface area contributed by atoms with E-state index in [0.29, 0.717) is 5.02 Å². The summed E-state index contributed by atoms with van der Waals surface area (Å²) in [6.45, 7) is 1.48. The monoisotopic (exact) mass is 322 g/mol. The molecule has 2 atom stereocenters. The van der Waals surface area contributed by atoms with Crippen LogP contribution in [0.4, 0.5) is 0 Å². The smallest absolute Gasteiger partial charge is 0.254 e. The van der Waals surface area contributed by atoms with Gasteiger partial charge in [-0.2, -0.15) is 0 Å². The van der Waals surface area contributed by atoms with Gasteiger partial charge in [0.2, 0.25) is 5.91 Å². The SMILES string of the molecule is CN1C(=O)CO[C@@H](C(=O)N2CCCC2)[C@@H]1c1ccc(Cl)cc1. The third-order valence-electron chi connectivity index (χ3n) is 4.36. The molecule has 0 unspecified atom stereocenters. The highest BCUT2D eigenvalue weighted by atomic mass is 35.5. The second kappa shape index (κ2) is 6.26. The first-order valence-corrected chi connectivity index (χ1v) is 7.87. The second-order valence-electron chi connectivity index (χ2n) is 5.77. The first kappa shape index (κ1) is 15.3. The maximum atomic E-state index is 12.7. The van der Waals surface area contributed by atoms with Crippen molar-refractivity contribution < 1.29 is 14.3 Å². The van der Waals surface area contributed by atoms with E-state index >= 15 is 0 Å². The van der Waals surface area contributed by atoms with E-state index < -0.39 is 12.1 Å². The van der Waals surface area contributed by atoms with Gasteiger partial charge in [0, 0.05) is 25.2 Å². The lowest BCUT2D eigenvalue weighted by Gasteiger charge is -2.39. The van der Waals surface area contributed by atoms with Crippen LogP contribution in [0.25, 0.3) is 0 Å². The van der Waals surface area contributed by atoms with Crippen molar-refractivity contribution in [1.29, 1.82) is 0 Å². The number of hydrogen-bond donors (Lipinski definition) is 0. The molecule has 2 fully saturated rings. The van der Waals surface area contributed by atoms with Gasteiger partial charge in [-0.15, -0.1) is 0 Å². The summed E-state index contributed by atoms with van der Waals surface area (Å²) in [7, 11) is 1.72. The van der Waals surface area contributed by atoms with Gasteiger partial charge < -0.3 is 14.5 Å². The minimum absolute atomic E-state index is 0.0307. The van der Waals surface area contributed by atoms with Gasteiger partial charge in [-0.3, -0.25) is 9.59 Å². The molecule has 22 heavy (non-hydrogen) atoms. The first-order valence-electron chi connectivity index (χ1n) is 7.49. The van der Waals surface area contributed by atoms with Crippen molar-refractivity contribution in [2.24, 2.45) is 0 Å². The van der Waals surface area contributed by atoms with Gasteiger partial charge in [-0.25, -0.2) is 0 Å². The Kier molecular flexibility index (Phi) is 4.36. The van der Waals surface area contributed by atoms with Crippen LogP contribution in [0.1, 0.15) is 24.4 Å². The van der Waals surface area contributed by atoms with Crippen LogP contribution in [0.3, 0.4) is 0 Å². The number of ether oxygens (including phenoxy) is 1. The topological polar surface area (TPSA) is 49.9 Å². The molecule has 1 aromatic carbocycles. The fraction of sp³-hybridized carbons (Fsp3) is 0.500. The molecule has 3 rings (SSSR count). The van der Waals surface area contributed by atoms with Crippen LogP contribution >= 0.6 is 11.6 Å². The van der Waals surface area contributed by atoms with Crippen LogP contribution in [-0.4, -0.2) is 54.5 Å². The lowest BCUT2D eigenvalue weighted by atomic mass is 9.97. The molecule has 2 amide bonds. The number of carbonyl (C=O) groups is 2. The molecule has 5 nitrogen and oxygen atoms in total. The number of likely N-dealkylation sites (N-methyl/N-ethyl adjacent to an activating group) is 1. The Balaban J connectivity index is 1.90. The molecule has 0 aliphatic carbocycles. The minimum Gasteiger partial charge on any atom is -0.356 e. The molecule has 1 aromatic rings. The summed E-state index contributed by atoms with van der Waals surface area (Å²) in [4.78, 5) is 28.2. The standard InChI is InChI=1S/C16H19ClN2O3/c1-18-13(20)10-22-15(16(21)19-8-2-3-9-19)14(18)11-4-6-12(17)7-5-11/h4-7,14-15H,2-3,8-10H2,1H3/t14-,15+/m0/s1. The Morgan fingerprint density at radius 2 is 1.86 bits per heavy atom. The number of likely N-dealkylation sites (tertiary alicyclic amines) is 1. The average Bonchev–Trinajstić information content (AvgIpc) is 3.05. The summed E-state index contributed by atoms with van der Waals surface area (Å²) < 4.78 is 5.62. The molecular formula is C16H19ClN2O3. The number of halogens is 1. The van der Waals surface area contributed by atoms with Crippen molar-refractivity contribution in [2.75, 3.05) is 26.7 Å². The predicted octanol–water partition coefficient (Wildman–Crippen LogP) is 1.86. The van der Waals surface area contributed by atoms with Gasteiger partial charge in [-0.1, -0.05) is 23.7 Å². The summed E-state index contributed by atoms with van der Waals surface area (Å²) in [5, 5.41) is 0.622. The molecule has 0 saturated carbocycles. The zero-order chi connectivity index (χ0) is 15.7. The molecule has 2 aliphatic heterocycles. The maximum absolute atomic E-state index is 12.7. The molecule has 0 bridgehead atoms. The van der Waals surface area contributed by atoms with E-state index in [9.17, 15) is 9.59 Å². The summed E-state index contributed by atoms with van der Waals surface area (Å²) in [6.07, 6.45) is 1.40. The van der Waals surface area contributed by atoms with Gasteiger partial charge in [0.15, 0.2) is 6.10 Å². The average molecular weight is 323 g/mol. The summed E-state index contributed by atoms with van der Waals surface area (Å²) in [5.41, 5.74) is 0.859. The highest BCUT2D eigenvalue weighted by molar-refractivity contribution is 6.30. The Hall–Kier alpha value is -1.59. The van der Waals surface area contributed by atoms with E-state index in [-0.39, 0.29) is 18.4 Å². The number of nitrogens with zero attached hydrogens (tertiary/aromatic N) is 2. The molecule has 0 aromatic heterocycles. The molecule has 6 heteroatoms. The van der Waals surface area contributed by atoms with Crippen LogP contribution in [0.15, 0.2) is 24.3 Å². The lowest BCUT2D eigenvalue weighted by molar-refractivity contribution is -0.166. The molecule has 0 spiro atoms. The largest absolute Gasteiger partial charge is 0.356 e. The van der Waals surface area contributed by atoms with Crippen LogP contribution in [0, 0.1) is 0 Å². The quantitative estimate of drug-likeness (QED) is 0.835. The van der Waals surface area contributed by atoms with Crippen molar-refractivity contribution in [1.82, 2.24) is 9.80 Å². The third kappa shape index (κ3) is 2.83. The van der Waals surface area contributed by atoms with Crippen molar-refractivity contribution in [3.8, 4) is 0 Å². The molecule has 2 aliphatic rings. The fourth-order valence-corrected chi connectivity index (χ4v) is 3.22. The van der Waals surface area contributed by atoms with E-state index in [2.05, 4.69) is 0 Å². The van der Waals surface area contributed by atoms with Crippen molar-refractivity contribution in [2.45, 2.75) is 25.0 Å². The predicted molar refractivity (Wildman–Crippen MR) is 82.5 cm³/mol. The number of benzene rings is 1. The van der Waals surface area contributed by atoms with E-state index in [4.69, 9.17) is 16.3 Å². The van der Waals surface area contributed by atoms with E-state index in [0.717, 1.165) is 31.5 Å². The second-order valence-corrected chi connectivity index (χ2v) is 6.20. The third-order valence-corrected chi connectivity index (χ3v) is 4.61. The molecule has 2 heterocycles. The highest BCUT2D eigenvalue weighted by Crippen LogP contribution is 2.31. The first-order chi connectivity index (χ1) is 10.6. The number of morpholine rings is 1. The minimum atomic E-state index is -0.651. The van der Waals surface area contributed by atoms with Crippen LogP contribution in [0.5, 0.6) is 0 Å². The van der Waals surface area contributed by atoms with Gasteiger partial charge in [0.1, 0.15) is 6.61 Å². The lowest BCUT2D eigenvalue weighted by Crippen LogP contribution is -2.53. The number of amides is 2. The molecule has 118 valence electrons. The van der Waals surface area contributed by atoms with Crippen molar-refractivity contribution in [3.05, 3.63) is 34.9 Å². The van der Waals surface area contributed by atoms with Gasteiger partial charge in [-0.05, 0) is 30.5 Å². The Labute approximate surface area is 134 Å². The summed E-state index contributed by atoms with van der Waals surface area (Å²) >= 11 is 5.93. The van der Waals surface area contributed by atoms with Crippen molar-refractivity contribution in [3.63, 3.8) is 0 Å². The number of hydrogen-bond acceptors (Lipinski definition) is 3. The number of carbonyl (C=O) groups excluding carboxylic acids is 2. The summed E-state index contributed by atoms with van der Waals surface area (Å²) in [5.74, 6) is -0.151. The zero-order valence-electron chi connectivity index (χ0n) is 12.5. The Bertz CT molecular complexity index is 569. The van der Waals surface area contributed by atoms with E-state index in [1.807, 2.05) is 17.0 Å². The molecule has 0 N–H and O–H groups in total.